The third kappa shape index (κ3) is 7.01. The van der Waals surface area contributed by atoms with Gasteiger partial charge in [-0.05, 0) is 63.6 Å². The lowest BCUT2D eigenvalue weighted by Gasteiger charge is -2.24. The monoisotopic (exact) mass is 474 g/mol. The average Bonchev–Trinajstić information content (AvgIpc) is 2.53. The molecule has 0 spiro atoms. The van der Waals surface area contributed by atoms with Crippen molar-refractivity contribution in [3.05, 3.63) is 29.3 Å². The molecule has 6 nitrogen and oxygen atoms in total. The molecule has 0 aliphatic heterocycles. The van der Waals surface area contributed by atoms with Crippen LogP contribution in [0.2, 0.25) is 0 Å². The number of carbonyl (C=O) groups is 1. The van der Waals surface area contributed by atoms with Crippen LogP contribution in [0, 0.1) is 0 Å². The molecule has 146 valence electrons. The van der Waals surface area contributed by atoms with E-state index in [1.807, 2.05) is 26.8 Å². The highest BCUT2D eigenvalue weighted by atomic mass is 127. The van der Waals surface area contributed by atoms with E-state index in [0.717, 1.165) is 18.5 Å². The molecule has 0 atom stereocenters. The molecule has 0 aromatic heterocycles. The van der Waals surface area contributed by atoms with Crippen LogP contribution in [-0.2, 0) is 17.6 Å². The van der Waals surface area contributed by atoms with E-state index in [-0.39, 0.29) is 30.1 Å². The molecule has 0 saturated carbocycles. The Hall–Kier alpha value is -1.51. The first kappa shape index (κ1) is 22.5. The van der Waals surface area contributed by atoms with Gasteiger partial charge in [-0.25, -0.2) is 4.79 Å². The van der Waals surface area contributed by atoms with Crippen molar-refractivity contribution in [2.75, 3.05) is 25.5 Å². The number of rotatable bonds is 4. The van der Waals surface area contributed by atoms with Gasteiger partial charge in [0.05, 0.1) is 6.54 Å². The van der Waals surface area contributed by atoms with Crippen LogP contribution < -0.4 is 11.1 Å². The number of ether oxygens (including phenoxy) is 1. The first-order valence-electron chi connectivity index (χ1n) is 8.88. The summed E-state index contributed by atoms with van der Waals surface area (Å²) < 4.78 is 5.31. The van der Waals surface area contributed by atoms with Crippen LogP contribution in [0.1, 0.15) is 44.7 Å². The van der Waals surface area contributed by atoms with E-state index in [4.69, 9.17) is 10.5 Å². The second-order valence-electron chi connectivity index (χ2n) is 7.44. The largest absolute Gasteiger partial charge is 0.444 e. The van der Waals surface area contributed by atoms with Gasteiger partial charge in [-0.3, -0.25) is 4.99 Å². The molecule has 0 saturated heterocycles. The summed E-state index contributed by atoms with van der Waals surface area (Å²) in [6.45, 7) is 6.41. The number of halogens is 1. The third-order valence-electron chi connectivity index (χ3n) is 4.08. The summed E-state index contributed by atoms with van der Waals surface area (Å²) >= 11 is 0. The van der Waals surface area contributed by atoms with Gasteiger partial charge in [0.15, 0.2) is 5.96 Å². The van der Waals surface area contributed by atoms with Gasteiger partial charge in [0.1, 0.15) is 5.60 Å². The molecular formula is C19H31IN4O2. The van der Waals surface area contributed by atoms with Crippen LogP contribution in [0.4, 0.5) is 10.5 Å². The van der Waals surface area contributed by atoms with Gasteiger partial charge in [-0.15, -0.1) is 24.0 Å². The molecule has 1 aromatic carbocycles. The number of amides is 1. The fourth-order valence-corrected chi connectivity index (χ4v) is 2.83. The summed E-state index contributed by atoms with van der Waals surface area (Å²) in [5, 5.41) is 3.20. The van der Waals surface area contributed by atoms with Crippen molar-refractivity contribution in [2.24, 2.45) is 10.7 Å². The second kappa shape index (κ2) is 9.99. The predicted molar refractivity (Wildman–Crippen MR) is 117 cm³/mol. The Morgan fingerprint density at radius 3 is 2.69 bits per heavy atom. The maximum atomic E-state index is 11.9. The molecule has 0 radical (unpaired) electrons. The molecule has 1 amide bonds. The Kier molecular flexibility index (Phi) is 8.66. The van der Waals surface area contributed by atoms with Crippen LogP contribution in [0.5, 0.6) is 0 Å². The molecule has 1 aliphatic rings. The highest BCUT2D eigenvalue weighted by Gasteiger charge is 2.19. The lowest BCUT2D eigenvalue weighted by atomic mass is 9.90. The van der Waals surface area contributed by atoms with Crippen LogP contribution in [0.25, 0.3) is 0 Å². The number of carbonyl (C=O) groups excluding carboxylic acids is 1. The number of nitrogens with zero attached hydrogens (tertiary/aromatic N) is 2. The average molecular weight is 474 g/mol. The number of aryl methyl sites for hydroxylation is 1. The molecule has 0 bridgehead atoms. The lowest BCUT2D eigenvalue weighted by molar-refractivity contribution is 0.0304. The van der Waals surface area contributed by atoms with E-state index in [1.165, 1.54) is 28.9 Å². The topological polar surface area (TPSA) is 80.0 Å². The lowest BCUT2D eigenvalue weighted by Crippen LogP contribution is -2.36. The van der Waals surface area contributed by atoms with Crippen molar-refractivity contribution in [1.82, 2.24) is 4.90 Å². The Morgan fingerprint density at radius 2 is 2.00 bits per heavy atom. The fraction of sp³-hybridized carbons (Fsp3) is 0.579. The number of guanidine groups is 1. The van der Waals surface area contributed by atoms with E-state index >= 15 is 0 Å². The molecule has 3 N–H and O–H groups in total. The van der Waals surface area contributed by atoms with Crippen molar-refractivity contribution >= 4 is 41.7 Å². The summed E-state index contributed by atoms with van der Waals surface area (Å²) in [4.78, 5) is 17.7. The van der Waals surface area contributed by atoms with Crippen molar-refractivity contribution in [2.45, 2.75) is 52.1 Å². The van der Waals surface area contributed by atoms with E-state index in [0.29, 0.717) is 19.0 Å². The van der Waals surface area contributed by atoms with Gasteiger partial charge >= 0.3 is 6.09 Å². The smallest absolute Gasteiger partial charge is 0.410 e. The van der Waals surface area contributed by atoms with Crippen LogP contribution >= 0.6 is 24.0 Å². The first-order valence-corrected chi connectivity index (χ1v) is 8.88. The normalized spacial score (nSPS) is 14.1. The Bertz CT molecular complexity index is 641. The SMILES string of the molecule is CN(CCN=C(N)Nc1cccc2c1CCCC2)C(=O)OC(C)(C)C.I. The number of fused-ring (bicyclic) bond motifs is 1. The quantitative estimate of drug-likeness (QED) is 0.396. The zero-order valence-corrected chi connectivity index (χ0v) is 18.5. The van der Waals surface area contributed by atoms with Crippen molar-refractivity contribution in [3.63, 3.8) is 0 Å². The number of anilines is 1. The molecule has 0 heterocycles. The minimum Gasteiger partial charge on any atom is -0.444 e. The van der Waals surface area contributed by atoms with Crippen LogP contribution in [0.3, 0.4) is 0 Å². The Morgan fingerprint density at radius 1 is 1.31 bits per heavy atom. The van der Waals surface area contributed by atoms with Gasteiger partial charge in [-0.2, -0.15) is 0 Å². The summed E-state index contributed by atoms with van der Waals surface area (Å²) in [7, 11) is 1.70. The number of aliphatic imine (C=N–C) groups is 1. The zero-order chi connectivity index (χ0) is 18.4. The highest BCUT2D eigenvalue weighted by Crippen LogP contribution is 2.27. The number of hydrogen-bond acceptors (Lipinski definition) is 3. The summed E-state index contributed by atoms with van der Waals surface area (Å²) in [5.74, 6) is 0.372. The predicted octanol–water partition coefficient (Wildman–Crippen LogP) is 3.78. The van der Waals surface area contributed by atoms with Crippen LogP contribution in [0.15, 0.2) is 23.2 Å². The molecule has 0 unspecified atom stereocenters. The summed E-state index contributed by atoms with van der Waals surface area (Å²) in [6, 6.07) is 6.28. The fourth-order valence-electron chi connectivity index (χ4n) is 2.83. The maximum absolute atomic E-state index is 11.9. The zero-order valence-electron chi connectivity index (χ0n) is 16.2. The van der Waals surface area contributed by atoms with E-state index in [9.17, 15) is 4.79 Å². The molecule has 1 aromatic rings. The van der Waals surface area contributed by atoms with E-state index in [1.54, 1.807) is 7.05 Å². The second-order valence-corrected chi connectivity index (χ2v) is 7.44. The maximum Gasteiger partial charge on any atom is 0.410 e. The number of likely N-dealkylation sites (N-methyl/N-ethyl adjacent to an activating group) is 1. The first-order chi connectivity index (χ1) is 11.8. The molecule has 2 rings (SSSR count). The third-order valence-corrected chi connectivity index (χ3v) is 4.08. The van der Waals surface area contributed by atoms with Gasteiger partial charge in [-0.1, -0.05) is 12.1 Å². The standard InChI is InChI=1S/C19H30N4O2.HI/c1-19(2,3)25-18(24)23(4)13-12-21-17(20)22-16-11-7-9-14-8-5-6-10-15(14)16;/h7,9,11H,5-6,8,10,12-13H2,1-4H3,(H3,20,21,22);1H. The van der Waals surface area contributed by atoms with Crippen molar-refractivity contribution in [3.8, 4) is 0 Å². The minimum atomic E-state index is -0.498. The number of hydrogen-bond donors (Lipinski definition) is 2. The van der Waals surface area contributed by atoms with Gasteiger partial charge in [0.25, 0.3) is 0 Å². The highest BCUT2D eigenvalue weighted by molar-refractivity contribution is 14.0. The van der Waals surface area contributed by atoms with Crippen LogP contribution in [-0.4, -0.2) is 42.7 Å². The van der Waals surface area contributed by atoms with Gasteiger partial charge in [0.2, 0.25) is 0 Å². The summed E-state index contributed by atoms with van der Waals surface area (Å²) in [5.41, 5.74) is 9.29. The number of nitrogens with one attached hydrogen (secondary N) is 1. The van der Waals surface area contributed by atoms with E-state index < -0.39 is 5.60 Å². The molecule has 7 heteroatoms. The minimum absolute atomic E-state index is 0. The van der Waals surface area contributed by atoms with Gasteiger partial charge in [0, 0.05) is 19.3 Å². The molecular weight excluding hydrogens is 443 g/mol. The molecule has 1 aliphatic carbocycles. The Labute approximate surface area is 173 Å². The molecule has 26 heavy (non-hydrogen) atoms. The van der Waals surface area contributed by atoms with E-state index in [2.05, 4.69) is 22.4 Å². The number of benzene rings is 1. The van der Waals surface area contributed by atoms with Gasteiger partial charge < -0.3 is 20.7 Å². The number of nitrogens with two attached hydrogens (primary N) is 1. The Balaban J connectivity index is 0.00000338. The van der Waals surface area contributed by atoms with Crippen molar-refractivity contribution < 1.29 is 9.53 Å². The van der Waals surface area contributed by atoms with Crippen molar-refractivity contribution in [1.29, 1.82) is 0 Å². The molecule has 0 fully saturated rings. The summed E-state index contributed by atoms with van der Waals surface area (Å²) in [6.07, 6.45) is 4.31.